The molecule has 0 fully saturated rings. The minimum Gasteiger partial charge on any atom is -0.374 e. The van der Waals surface area contributed by atoms with E-state index >= 15 is 0 Å². The summed E-state index contributed by atoms with van der Waals surface area (Å²) in [6.45, 7) is 0. The average Bonchev–Trinajstić information content (AvgIpc) is 2.45. The Morgan fingerprint density at radius 1 is 1.32 bits per heavy atom. The Kier molecular flexibility index (Phi) is 7.86. The number of unbranched alkanes of at least 4 members (excludes halogenated alkanes) is 2. The molecule has 1 aromatic rings. The molecule has 0 aliphatic rings. The molecule has 0 saturated carbocycles. The molecule has 0 unspecified atom stereocenters. The Bertz CT molecular complexity index is 441. The summed E-state index contributed by atoms with van der Waals surface area (Å²) >= 11 is 1.50. The highest BCUT2D eigenvalue weighted by molar-refractivity contribution is 7.99. The quantitative estimate of drug-likeness (QED) is 0.173. The van der Waals surface area contributed by atoms with Crippen LogP contribution in [0.5, 0.6) is 0 Å². The number of methoxy groups -OCH3 is 1. The van der Waals surface area contributed by atoms with Crippen LogP contribution in [0.25, 0.3) is 0 Å². The van der Waals surface area contributed by atoms with E-state index in [0.29, 0.717) is 17.9 Å². The van der Waals surface area contributed by atoms with Crippen molar-refractivity contribution >= 4 is 23.8 Å². The SMILES string of the molecule is COCSc1ccccc1C(=O)/C=C/CCCC=O. The van der Waals surface area contributed by atoms with Gasteiger partial charge >= 0.3 is 0 Å². The van der Waals surface area contributed by atoms with E-state index in [-0.39, 0.29) is 5.78 Å². The van der Waals surface area contributed by atoms with Crippen LogP contribution in [0.15, 0.2) is 41.3 Å². The first-order valence-electron chi connectivity index (χ1n) is 6.15. The van der Waals surface area contributed by atoms with Gasteiger partial charge in [-0.15, -0.1) is 0 Å². The largest absolute Gasteiger partial charge is 0.374 e. The summed E-state index contributed by atoms with van der Waals surface area (Å²) < 4.78 is 5.01. The molecule has 0 aromatic heterocycles. The Morgan fingerprint density at radius 2 is 2.11 bits per heavy atom. The number of benzene rings is 1. The van der Waals surface area contributed by atoms with Gasteiger partial charge in [0.2, 0.25) is 0 Å². The van der Waals surface area contributed by atoms with Gasteiger partial charge in [-0.1, -0.05) is 30.0 Å². The predicted octanol–water partition coefficient (Wildman–Crippen LogP) is 3.49. The monoisotopic (exact) mass is 278 g/mol. The van der Waals surface area contributed by atoms with E-state index in [0.717, 1.165) is 24.0 Å². The van der Waals surface area contributed by atoms with Crippen molar-refractivity contribution in [1.82, 2.24) is 0 Å². The zero-order valence-corrected chi connectivity index (χ0v) is 11.8. The van der Waals surface area contributed by atoms with E-state index in [1.807, 2.05) is 30.3 Å². The molecule has 0 amide bonds. The fraction of sp³-hybridized carbons (Fsp3) is 0.333. The van der Waals surface area contributed by atoms with Crippen LogP contribution in [0.2, 0.25) is 0 Å². The number of hydrogen-bond donors (Lipinski definition) is 0. The summed E-state index contributed by atoms with van der Waals surface area (Å²) in [5.41, 5.74) is 0.691. The summed E-state index contributed by atoms with van der Waals surface area (Å²) in [7, 11) is 1.63. The second-order valence-corrected chi connectivity index (χ2v) is 4.88. The van der Waals surface area contributed by atoms with E-state index < -0.39 is 0 Å². The van der Waals surface area contributed by atoms with Gasteiger partial charge in [0.1, 0.15) is 6.29 Å². The number of ketones is 1. The van der Waals surface area contributed by atoms with Gasteiger partial charge in [-0.05, 0) is 31.1 Å². The van der Waals surface area contributed by atoms with Crippen LogP contribution >= 0.6 is 11.8 Å². The number of hydrogen-bond acceptors (Lipinski definition) is 4. The Hall–Kier alpha value is -1.39. The molecule has 4 heteroatoms. The molecule has 3 nitrogen and oxygen atoms in total. The molecule has 19 heavy (non-hydrogen) atoms. The van der Waals surface area contributed by atoms with Crippen molar-refractivity contribution in [3.8, 4) is 0 Å². The molecular formula is C15H18O3S. The second-order valence-electron chi connectivity index (χ2n) is 3.91. The number of ether oxygens (including phenoxy) is 1. The maximum atomic E-state index is 12.1. The van der Waals surface area contributed by atoms with Crippen molar-refractivity contribution in [3.63, 3.8) is 0 Å². The van der Waals surface area contributed by atoms with Crippen LogP contribution in [-0.4, -0.2) is 25.1 Å². The van der Waals surface area contributed by atoms with E-state index in [1.54, 1.807) is 13.2 Å². The van der Waals surface area contributed by atoms with Crippen molar-refractivity contribution in [2.45, 2.75) is 24.2 Å². The molecule has 0 spiro atoms. The number of carbonyl (C=O) groups is 2. The van der Waals surface area contributed by atoms with Gasteiger partial charge in [0.15, 0.2) is 5.78 Å². The maximum absolute atomic E-state index is 12.1. The topological polar surface area (TPSA) is 43.4 Å². The van der Waals surface area contributed by atoms with Crippen molar-refractivity contribution in [2.75, 3.05) is 13.0 Å². The molecule has 0 aliphatic heterocycles. The lowest BCUT2D eigenvalue weighted by Crippen LogP contribution is -1.97. The molecule has 0 heterocycles. The molecule has 0 saturated heterocycles. The minimum atomic E-state index is -0.00898. The van der Waals surface area contributed by atoms with Crippen LogP contribution in [0.4, 0.5) is 0 Å². The summed E-state index contributed by atoms with van der Waals surface area (Å²) in [4.78, 5) is 23.1. The van der Waals surface area contributed by atoms with Gasteiger partial charge in [-0.25, -0.2) is 0 Å². The maximum Gasteiger partial charge on any atom is 0.186 e. The third-order valence-corrected chi connectivity index (χ3v) is 3.47. The van der Waals surface area contributed by atoms with Crippen molar-refractivity contribution in [3.05, 3.63) is 42.0 Å². The lowest BCUT2D eigenvalue weighted by atomic mass is 10.1. The Balaban J connectivity index is 2.62. The van der Waals surface area contributed by atoms with Gasteiger partial charge < -0.3 is 9.53 Å². The summed E-state index contributed by atoms with van der Waals surface area (Å²) in [6, 6.07) is 7.49. The van der Waals surface area contributed by atoms with E-state index in [4.69, 9.17) is 4.74 Å². The zero-order valence-electron chi connectivity index (χ0n) is 11.0. The first-order valence-corrected chi connectivity index (χ1v) is 7.13. The molecular weight excluding hydrogens is 260 g/mol. The summed E-state index contributed by atoms with van der Waals surface area (Å²) in [5.74, 6) is 0.512. The van der Waals surface area contributed by atoms with Crippen LogP contribution in [0, 0.1) is 0 Å². The lowest BCUT2D eigenvalue weighted by Gasteiger charge is -2.05. The molecule has 1 aromatic carbocycles. The minimum absolute atomic E-state index is 0.00898. The fourth-order valence-electron chi connectivity index (χ4n) is 1.52. The molecule has 0 atom stereocenters. The average molecular weight is 278 g/mol. The summed E-state index contributed by atoms with van der Waals surface area (Å²) in [5, 5.41) is 0. The van der Waals surface area contributed by atoms with E-state index in [9.17, 15) is 9.59 Å². The van der Waals surface area contributed by atoms with Crippen molar-refractivity contribution in [2.24, 2.45) is 0 Å². The van der Waals surface area contributed by atoms with Crippen LogP contribution in [0.3, 0.4) is 0 Å². The molecule has 102 valence electrons. The number of aldehydes is 1. The van der Waals surface area contributed by atoms with Gasteiger partial charge in [0, 0.05) is 24.0 Å². The highest BCUT2D eigenvalue weighted by atomic mass is 32.2. The lowest BCUT2D eigenvalue weighted by molar-refractivity contribution is -0.107. The summed E-state index contributed by atoms with van der Waals surface area (Å²) in [6.07, 6.45) is 6.37. The number of rotatable bonds is 9. The standard InChI is InChI=1S/C15H18O3S/c1-18-12-19-15-10-6-5-8-13(15)14(17)9-4-2-3-7-11-16/h4-6,8-11H,2-3,7,12H2,1H3/b9-4+. The highest BCUT2D eigenvalue weighted by Crippen LogP contribution is 2.23. The first kappa shape index (κ1) is 15.7. The van der Waals surface area contributed by atoms with Gasteiger partial charge in [-0.2, -0.15) is 0 Å². The molecule has 1 rings (SSSR count). The van der Waals surface area contributed by atoms with Crippen LogP contribution in [-0.2, 0) is 9.53 Å². The van der Waals surface area contributed by atoms with Crippen molar-refractivity contribution in [1.29, 1.82) is 0 Å². The normalized spacial score (nSPS) is 10.8. The molecule has 0 aliphatic carbocycles. The highest BCUT2D eigenvalue weighted by Gasteiger charge is 2.07. The fourth-order valence-corrected chi connectivity index (χ4v) is 2.26. The van der Waals surface area contributed by atoms with Crippen molar-refractivity contribution < 1.29 is 14.3 Å². The van der Waals surface area contributed by atoms with E-state index in [1.165, 1.54) is 11.8 Å². The molecule has 0 N–H and O–H groups in total. The van der Waals surface area contributed by atoms with Crippen LogP contribution < -0.4 is 0 Å². The first-order chi connectivity index (χ1) is 9.29. The molecule has 0 bridgehead atoms. The second kappa shape index (κ2) is 9.53. The van der Waals surface area contributed by atoms with E-state index in [2.05, 4.69) is 0 Å². The molecule has 0 radical (unpaired) electrons. The van der Waals surface area contributed by atoms with Gasteiger partial charge in [0.25, 0.3) is 0 Å². The Morgan fingerprint density at radius 3 is 2.84 bits per heavy atom. The number of allylic oxidation sites excluding steroid dienone is 2. The number of thioether (sulfide) groups is 1. The third kappa shape index (κ3) is 5.85. The predicted molar refractivity (Wildman–Crippen MR) is 77.6 cm³/mol. The number of carbonyl (C=O) groups excluding carboxylic acids is 2. The Labute approximate surface area is 118 Å². The van der Waals surface area contributed by atoms with Gasteiger partial charge in [0.05, 0.1) is 5.94 Å². The zero-order chi connectivity index (χ0) is 13.9. The van der Waals surface area contributed by atoms with Gasteiger partial charge in [-0.3, -0.25) is 4.79 Å². The smallest absolute Gasteiger partial charge is 0.186 e. The third-order valence-electron chi connectivity index (χ3n) is 2.45. The van der Waals surface area contributed by atoms with Crippen LogP contribution in [0.1, 0.15) is 29.6 Å².